The monoisotopic (exact) mass is 522 g/mol. The first-order valence-electron chi connectivity index (χ1n) is 17.4. The van der Waals surface area contributed by atoms with Crippen molar-refractivity contribution >= 4 is 5.91 Å². The molecule has 0 aromatic rings. The lowest BCUT2D eigenvalue weighted by molar-refractivity contribution is -0.134. The van der Waals surface area contributed by atoms with E-state index in [1.165, 1.54) is 167 Å². The van der Waals surface area contributed by atoms with Crippen LogP contribution in [0.5, 0.6) is 0 Å². The largest absolute Gasteiger partial charge is 0.346 e. The second-order valence-corrected chi connectivity index (χ2v) is 12.1. The van der Waals surface area contributed by atoms with Crippen LogP contribution in [0.3, 0.4) is 0 Å². The van der Waals surface area contributed by atoms with Gasteiger partial charge in [-0.15, -0.1) is 0 Å². The summed E-state index contributed by atoms with van der Waals surface area (Å²) >= 11 is 0. The molecule has 0 fully saturated rings. The standard InChI is InChI=1S/C35H71NO/c1-5-8-10-12-14-16-18-20-21-23-25-27-29-31-33-34(35(37)36(4)7-3)32-30-28-26-24-22-19-17-15-13-11-9-6-2/h34H,5-33H2,1-4H3. The van der Waals surface area contributed by atoms with Crippen LogP contribution in [0.15, 0.2) is 0 Å². The van der Waals surface area contributed by atoms with Gasteiger partial charge in [-0.1, -0.05) is 181 Å². The molecule has 0 N–H and O–H groups in total. The zero-order valence-electron chi connectivity index (χ0n) is 26.4. The van der Waals surface area contributed by atoms with Crippen LogP contribution in [0.2, 0.25) is 0 Å². The van der Waals surface area contributed by atoms with Crippen LogP contribution in [-0.4, -0.2) is 24.4 Å². The smallest absolute Gasteiger partial charge is 0.225 e. The molecule has 0 saturated carbocycles. The molecule has 0 heterocycles. The Balaban J connectivity index is 3.76. The van der Waals surface area contributed by atoms with Crippen molar-refractivity contribution in [1.29, 1.82) is 0 Å². The van der Waals surface area contributed by atoms with Crippen molar-refractivity contribution in [2.24, 2.45) is 5.92 Å². The van der Waals surface area contributed by atoms with Gasteiger partial charge in [0.05, 0.1) is 0 Å². The van der Waals surface area contributed by atoms with E-state index >= 15 is 0 Å². The number of hydrogen-bond donors (Lipinski definition) is 0. The number of carbonyl (C=O) groups is 1. The summed E-state index contributed by atoms with van der Waals surface area (Å²) in [4.78, 5) is 14.9. The number of rotatable bonds is 30. The lowest BCUT2D eigenvalue weighted by Crippen LogP contribution is -2.32. The van der Waals surface area contributed by atoms with E-state index in [1.807, 2.05) is 11.9 Å². The molecule has 0 aliphatic heterocycles. The molecule has 222 valence electrons. The van der Waals surface area contributed by atoms with Crippen molar-refractivity contribution in [1.82, 2.24) is 4.90 Å². The maximum absolute atomic E-state index is 12.9. The Morgan fingerprint density at radius 3 is 0.919 bits per heavy atom. The highest BCUT2D eigenvalue weighted by Gasteiger charge is 2.20. The Bertz CT molecular complexity index is 449. The normalized spacial score (nSPS) is 12.2. The fourth-order valence-corrected chi connectivity index (χ4v) is 5.68. The maximum atomic E-state index is 12.9. The summed E-state index contributed by atoms with van der Waals surface area (Å²) in [6.45, 7) is 7.53. The molecule has 1 unspecified atom stereocenters. The Morgan fingerprint density at radius 2 is 0.676 bits per heavy atom. The van der Waals surface area contributed by atoms with Crippen LogP contribution in [0, 0.1) is 5.92 Å². The number of hydrogen-bond acceptors (Lipinski definition) is 1. The molecule has 0 saturated heterocycles. The summed E-state index contributed by atoms with van der Waals surface area (Å²) in [6, 6.07) is 0. The molecular formula is C35H71NO. The second kappa shape index (κ2) is 30.0. The molecule has 0 spiro atoms. The van der Waals surface area contributed by atoms with E-state index in [-0.39, 0.29) is 5.92 Å². The van der Waals surface area contributed by atoms with Gasteiger partial charge in [0.1, 0.15) is 0 Å². The Kier molecular flexibility index (Phi) is 29.6. The Hall–Kier alpha value is -0.530. The first-order valence-corrected chi connectivity index (χ1v) is 17.4. The zero-order valence-corrected chi connectivity index (χ0v) is 26.4. The fourth-order valence-electron chi connectivity index (χ4n) is 5.68. The third-order valence-corrected chi connectivity index (χ3v) is 8.51. The third kappa shape index (κ3) is 25.5. The molecule has 0 aromatic carbocycles. The minimum absolute atomic E-state index is 0.269. The molecule has 1 amide bonds. The van der Waals surface area contributed by atoms with Crippen LogP contribution in [0.4, 0.5) is 0 Å². The summed E-state index contributed by atoms with van der Waals surface area (Å²) in [6.07, 6.45) is 38.5. The molecule has 2 nitrogen and oxygen atoms in total. The number of unbranched alkanes of at least 4 members (excludes halogenated alkanes) is 24. The van der Waals surface area contributed by atoms with Crippen LogP contribution in [-0.2, 0) is 4.79 Å². The summed E-state index contributed by atoms with van der Waals surface area (Å²) in [5, 5.41) is 0. The minimum atomic E-state index is 0.269. The molecule has 0 aliphatic carbocycles. The highest BCUT2D eigenvalue weighted by Crippen LogP contribution is 2.22. The van der Waals surface area contributed by atoms with Crippen LogP contribution in [0.25, 0.3) is 0 Å². The third-order valence-electron chi connectivity index (χ3n) is 8.51. The molecule has 0 bridgehead atoms. The molecule has 0 aliphatic rings. The quantitative estimate of drug-likeness (QED) is 0.0860. The second-order valence-electron chi connectivity index (χ2n) is 12.1. The zero-order chi connectivity index (χ0) is 27.2. The van der Waals surface area contributed by atoms with Gasteiger partial charge >= 0.3 is 0 Å². The van der Waals surface area contributed by atoms with Gasteiger partial charge in [-0.2, -0.15) is 0 Å². The first-order chi connectivity index (χ1) is 18.2. The van der Waals surface area contributed by atoms with Crippen molar-refractivity contribution in [3.63, 3.8) is 0 Å². The van der Waals surface area contributed by atoms with E-state index in [1.54, 1.807) is 0 Å². The summed E-state index contributed by atoms with van der Waals surface area (Å²) in [7, 11) is 1.99. The number of carbonyl (C=O) groups excluding carboxylic acids is 1. The van der Waals surface area contributed by atoms with Crippen LogP contribution >= 0.6 is 0 Å². The fraction of sp³-hybridized carbons (Fsp3) is 0.971. The van der Waals surface area contributed by atoms with E-state index < -0.39 is 0 Å². The molecular weight excluding hydrogens is 450 g/mol. The topological polar surface area (TPSA) is 20.3 Å². The van der Waals surface area contributed by atoms with Gasteiger partial charge < -0.3 is 4.90 Å². The highest BCUT2D eigenvalue weighted by atomic mass is 16.2. The maximum Gasteiger partial charge on any atom is 0.225 e. The molecule has 0 radical (unpaired) electrons. The lowest BCUT2D eigenvalue weighted by Gasteiger charge is -2.23. The van der Waals surface area contributed by atoms with Gasteiger partial charge in [0.25, 0.3) is 0 Å². The van der Waals surface area contributed by atoms with E-state index in [0.717, 1.165) is 19.4 Å². The van der Waals surface area contributed by atoms with Gasteiger partial charge in [0, 0.05) is 19.5 Å². The van der Waals surface area contributed by atoms with Gasteiger partial charge in [-0.05, 0) is 19.8 Å². The lowest BCUT2D eigenvalue weighted by atomic mass is 9.92. The number of nitrogens with zero attached hydrogens (tertiary/aromatic N) is 1. The highest BCUT2D eigenvalue weighted by molar-refractivity contribution is 5.78. The average molecular weight is 522 g/mol. The van der Waals surface area contributed by atoms with Crippen molar-refractivity contribution in [2.75, 3.05) is 13.6 Å². The van der Waals surface area contributed by atoms with Crippen LogP contribution in [0.1, 0.15) is 201 Å². The summed E-state index contributed by atoms with van der Waals surface area (Å²) in [5.74, 6) is 0.672. The first kappa shape index (κ1) is 36.5. The van der Waals surface area contributed by atoms with E-state index in [9.17, 15) is 4.79 Å². The van der Waals surface area contributed by atoms with E-state index in [2.05, 4.69) is 20.8 Å². The molecule has 0 aromatic heterocycles. The number of amides is 1. The molecule has 0 rings (SSSR count). The minimum Gasteiger partial charge on any atom is -0.346 e. The predicted octanol–water partition coefficient (Wildman–Crippen LogP) is 12.0. The van der Waals surface area contributed by atoms with Gasteiger partial charge in [0.15, 0.2) is 0 Å². The Labute approximate surface area is 235 Å². The van der Waals surface area contributed by atoms with Crippen molar-refractivity contribution in [2.45, 2.75) is 201 Å². The van der Waals surface area contributed by atoms with Crippen molar-refractivity contribution in [3.05, 3.63) is 0 Å². The van der Waals surface area contributed by atoms with E-state index in [0.29, 0.717) is 5.91 Å². The molecule has 2 heteroatoms. The average Bonchev–Trinajstić information content (AvgIpc) is 2.91. The van der Waals surface area contributed by atoms with Gasteiger partial charge in [-0.3, -0.25) is 4.79 Å². The Morgan fingerprint density at radius 1 is 0.432 bits per heavy atom. The van der Waals surface area contributed by atoms with Crippen molar-refractivity contribution < 1.29 is 4.79 Å². The molecule has 1 atom stereocenters. The van der Waals surface area contributed by atoms with Crippen LogP contribution < -0.4 is 0 Å². The SMILES string of the molecule is CCCCCCCCCCCCCCCCC(CCCCCCCCCCCCCC)C(=O)N(C)CC. The predicted molar refractivity (Wildman–Crippen MR) is 167 cm³/mol. The summed E-state index contributed by atoms with van der Waals surface area (Å²) in [5.41, 5.74) is 0. The van der Waals surface area contributed by atoms with Gasteiger partial charge in [-0.25, -0.2) is 0 Å². The van der Waals surface area contributed by atoms with E-state index in [4.69, 9.17) is 0 Å². The molecule has 37 heavy (non-hydrogen) atoms. The van der Waals surface area contributed by atoms with Gasteiger partial charge in [0.2, 0.25) is 5.91 Å². The van der Waals surface area contributed by atoms with Crippen molar-refractivity contribution in [3.8, 4) is 0 Å². The summed E-state index contributed by atoms with van der Waals surface area (Å²) < 4.78 is 0.